The molecule has 0 radical (unpaired) electrons. The quantitative estimate of drug-likeness (QED) is 0.898. The number of nitrogens with one attached hydrogen (secondary N) is 1. The predicted molar refractivity (Wildman–Crippen MR) is 82.0 cm³/mol. The number of hydrogen-bond donors (Lipinski definition) is 1. The summed E-state index contributed by atoms with van der Waals surface area (Å²) in [4.78, 5) is 2.39. The smallest absolute Gasteiger partial charge is 0.208 e. The van der Waals surface area contributed by atoms with E-state index in [4.69, 9.17) is 0 Å². The summed E-state index contributed by atoms with van der Waals surface area (Å²) in [6.45, 7) is 6.68. The van der Waals surface area contributed by atoms with E-state index in [2.05, 4.69) is 47.7 Å². The molecule has 1 aliphatic rings. The molecule has 20 heavy (non-hydrogen) atoms. The van der Waals surface area contributed by atoms with Gasteiger partial charge in [-0.2, -0.15) is 0 Å². The molecule has 0 saturated heterocycles. The van der Waals surface area contributed by atoms with Gasteiger partial charge in [0.05, 0.1) is 6.26 Å². The van der Waals surface area contributed by atoms with Crippen molar-refractivity contribution in [3.05, 3.63) is 35.4 Å². The summed E-state index contributed by atoms with van der Waals surface area (Å²) >= 11 is 0. The molecular formula is C15H24N2O2S. The van der Waals surface area contributed by atoms with Crippen LogP contribution in [0, 0.1) is 5.92 Å². The third kappa shape index (κ3) is 4.04. The fraction of sp³-hybridized carbons (Fsp3) is 0.600. The van der Waals surface area contributed by atoms with Crippen molar-refractivity contribution in [2.75, 3.05) is 19.3 Å². The summed E-state index contributed by atoms with van der Waals surface area (Å²) in [5.74, 6) is 0.412. The standard InChI is InChI=1S/C15H24N2O2S/c1-12(2)15(10-16-20(3,18)19)17-9-8-13-6-4-5-7-14(13)11-17/h4-7,12,15-16H,8-11H2,1-3H3. The second-order valence-electron chi connectivity index (χ2n) is 5.92. The second kappa shape index (κ2) is 6.24. The molecule has 1 aliphatic heterocycles. The normalized spacial score (nSPS) is 18.0. The Morgan fingerprint density at radius 3 is 2.50 bits per heavy atom. The summed E-state index contributed by atoms with van der Waals surface area (Å²) in [6, 6.07) is 8.74. The van der Waals surface area contributed by atoms with Gasteiger partial charge < -0.3 is 0 Å². The van der Waals surface area contributed by atoms with E-state index in [9.17, 15) is 8.42 Å². The number of rotatable bonds is 5. The largest absolute Gasteiger partial charge is 0.294 e. The molecule has 0 bridgehead atoms. The number of sulfonamides is 1. The first-order valence-corrected chi connectivity index (χ1v) is 9.01. The van der Waals surface area contributed by atoms with Gasteiger partial charge in [-0.1, -0.05) is 38.1 Å². The first-order valence-electron chi connectivity index (χ1n) is 7.12. The van der Waals surface area contributed by atoms with Crippen LogP contribution in [0.1, 0.15) is 25.0 Å². The highest BCUT2D eigenvalue weighted by molar-refractivity contribution is 7.88. The molecule has 0 saturated carbocycles. The Kier molecular flexibility index (Phi) is 4.83. The van der Waals surface area contributed by atoms with E-state index in [0.717, 1.165) is 19.5 Å². The molecule has 0 spiro atoms. The molecule has 1 aromatic rings. The first-order chi connectivity index (χ1) is 9.37. The Bertz CT molecular complexity index is 555. The Morgan fingerprint density at radius 1 is 1.25 bits per heavy atom. The third-order valence-corrected chi connectivity index (χ3v) is 4.64. The fourth-order valence-electron chi connectivity index (χ4n) is 2.82. The summed E-state index contributed by atoms with van der Waals surface area (Å²) < 4.78 is 25.3. The monoisotopic (exact) mass is 296 g/mol. The van der Waals surface area contributed by atoms with Crippen LogP contribution < -0.4 is 4.72 Å². The second-order valence-corrected chi connectivity index (χ2v) is 7.75. The predicted octanol–water partition coefficient (Wildman–Crippen LogP) is 1.62. The molecule has 4 nitrogen and oxygen atoms in total. The summed E-state index contributed by atoms with van der Waals surface area (Å²) in [5.41, 5.74) is 2.78. The molecule has 112 valence electrons. The lowest BCUT2D eigenvalue weighted by Gasteiger charge is -2.37. The zero-order valence-electron chi connectivity index (χ0n) is 12.5. The Morgan fingerprint density at radius 2 is 1.90 bits per heavy atom. The molecule has 1 atom stereocenters. The van der Waals surface area contributed by atoms with Gasteiger partial charge in [-0.25, -0.2) is 13.1 Å². The van der Waals surface area contributed by atoms with Crippen LogP contribution in [0.2, 0.25) is 0 Å². The van der Waals surface area contributed by atoms with Gasteiger partial charge in [0.2, 0.25) is 10.0 Å². The van der Waals surface area contributed by atoms with Gasteiger partial charge >= 0.3 is 0 Å². The van der Waals surface area contributed by atoms with E-state index in [0.29, 0.717) is 12.5 Å². The van der Waals surface area contributed by atoms with E-state index in [-0.39, 0.29) is 6.04 Å². The van der Waals surface area contributed by atoms with Crippen LogP contribution >= 0.6 is 0 Å². The summed E-state index contributed by atoms with van der Waals surface area (Å²) in [6.07, 6.45) is 2.26. The van der Waals surface area contributed by atoms with Gasteiger partial charge in [0.25, 0.3) is 0 Å². The number of hydrogen-bond acceptors (Lipinski definition) is 3. The molecule has 1 unspecified atom stereocenters. The molecule has 1 N–H and O–H groups in total. The Hall–Kier alpha value is -0.910. The molecule has 1 heterocycles. The molecular weight excluding hydrogens is 272 g/mol. The fourth-order valence-corrected chi connectivity index (χ4v) is 3.30. The van der Waals surface area contributed by atoms with Crippen molar-refractivity contribution in [2.24, 2.45) is 5.92 Å². The summed E-state index contributed by atoms with van der Waals surface area (Å²) in [7, 11) is -3.13. The van der Waals surface area contributed by atoms with E-state index < -0.39 is 10.0 Å². The van der Waals surface area contributed by atoms with Crippen LogP contribution in [0.4, 0.5) is 0 Å². The van der Waals surface area contributed by atoms with Gasteiger partial charge in [-0.3, -0.25) is 4.90 Å². The maximum atomic E-state index is 11.3. The number of benzene rings is 1. The minimum Gasteiger partial charge on any atom is -0.294 e. The van der Waals surface area contributed by atoms with Gasteiger partial charge in [-0.05, 0) is 23.5 Å². The van der Waals surface area contributed by atoms with E-state index >= 15 is 0 Å². The van der Waals surface area contributed by atoms with Crippen LogP contribution in [0.25, 0.3) is 0 Å². The van der Waals surface area contributed by atoms with Gasteiger partial charge in [0.15, 0.2) is 0 Å². The van der Waals surface area contributed by atoms with Crippen LogP contribution in [0.15, 0.2) is 24.3 Å². The van der Waals surface area contributed by atoms with Crippen molar-refractivity contribution in [1.29, 1.82) is 0 Å². The van der Waals surface area contributed by atoms with Gasteiger partial charge in [-0.15, -0.1) is 0 Å². The SMILES string of the molecule is CC(C)C(CNS(C)(=O)=O)N1CCc2ccccc2C1. The lowest BCUT2D eigenvalue weighted by atomic mass is 9.95. The van der Waals surface area contributed by atoms with Crippen molar-refractivity contribution in [2.45, 2.75) is 32.9 Å². The highest BCUT2D eigenvalue weighted by atomic mass is 32.2. The van der Waals surface area contributed by atoms with Crippen molar-refractivity contribution < 1.29 is 8.42 Å². The van der Waals surface area contributed by atoms with E-state index in [1.54, 1.807) is 0 Å². The first kappa shape index (κ1) is 15.5. The molecule has 1 aromatic carbocycles. The maximum absolute atomic E-state index is 11.3. The van der Waals surface area contributed by atoms with Crippen molar-refractivity contribution in [3.8, 4) is 0 Å². The Labute approximate surface area is 122 Å². The lowest BCUT2D eigenvalue weighted by molar-refractivity contribution is 0.141. The van der Waals surface area contributed by atoms with Crippen LogP contribution in [-0.2, 0) is 23.0 Å². The topological polar surface area (TPSA) is 49.4 Å². The van der Waals surface area contributed by atoms with E-state index in [1.807, 2.05) is 0 Å². The van der Waals surface area contributed by atoms with Gasteiger partial charge in [0, 0.05) is 25.7 Å². The van der Waals surface area contributed by atoms with Crippen LogP contribution in [-0.4, -0.2) is 38.7 Å². The van der Waals surface area contributed by atoms with Crippen molar-refractivity contribution in [3.63, 3.8) is 0 Å². The van der Waals surface area contributed by atoms with Crippen LogP contribution in [0.5, 0.6) is 0 Å². The average Bonchev–Trinajstić information content (AvgIpc) is 2.37. The number of nitrogens with zero attached hydrogens (tertiary/aromatic N) is 1. The molecule has 2 rings (SSSR count). The zero-order valence-corrected chi connectivity index (χ0v) is 13.3. The van der Waals surface area contributed by atoms with Crippen molar-refractivity contribution in [1.82, 2.24) is 9.62 Å². The molecule has 0 amide bonds. The van der Waals surface area contributed by atoms with E-state index in [1.165, 1.54) is 17.4 Å². The maximum Gasteiger partial charge on any atom is 0.208 e. The minimum absolute atomic E-state index is 0.234. The molecule has 0 aromatic heterocycles. The molecule has 5 heteroatoms. The minimum atomic E-state index is -3.13. The molecule has 0 fully saturated rings. The lowest BCUT2D eigenvalue weighted by Crippen LogP contribution is -2.48. The average molecular weight is 296 g/mol. The van der Waals surface area contributed by atoms with Gasteiger partial charge in [0.1, 0.15) is 0 Å². The molecule has 0 aliphatic carbocycles. The zero-order chi connectivity index (χ0) is 14.8. The third-order valence-electron chi connectivity index (χ3n) is 3.95. The highest BCUT2D eigenvalue weighted by Crippen LogP contribution is 2.22. The number of fused-ring (bicyclic) bond motifs is 1. The van der Waals surface area contributed by atoms with Crippen molar-refractivity contribution >= 4 is 10.0 Å². The highest BCUT2D eigenvalue weighted by Gasteiger charge is 2.26. The Balaban J connectivity index is 2.08. The summed E-state index contributed by atoms with van der Waals surface area (Å²) in [5, 5.41) is 0. The van der Waals surface area contributed by atoms with Crippen LogP contribution in [0.3, 0.4) is 0 Å².